The normalized spacial score (nSPS) is 16.4. The number of benzene rings is 5. The van der Waals surface area contributed by atoms with Crippen molar-refractivity contribution in [3.05, 3.63) is 124 Å². The second kappa shape index (κ2) is 22.1. The lowest BCUT2D eigenvalue weighted by Crippen LogP contribution is -2.39. The Hall–Kier alpha value is -6.08. The fraction of sp³-hybridized carbons (Fsp3) is 0.377. The van der Waals surface area contributed by atoms with E-state index in [0.29, 0.717) is 118 Å². The third-order valence-corrected chi connectivity index (χ3v) is 13.5. The number of fused-ring (bicyclic) bond motifs is 8. The van der Waals surface area contributed by atoms with E-state index in [0.717, 1.165) is 52.2 Å². The van der Waals surface area contributed by atoms with Gasteiger partial charge in [-0.05, 0) is 107 Å². The molecule has 4 heterocycles. The van der Waals surface area contributed by atoms with E-state index in [9.17, 15) is 14.4 Å². The number of carbonyl (C=O) groups excluding carboxylic acids is 3. The van der Waals surface area contributed by atoms with Gasteiger partial charge in [-0.15, -0.1) is 0 Å². The van der Waals surface area contributed by atoms with Gasteiger partial charge in [0, 0.05) is 68.9 Å². The minimum absolute atomic E-state index is 0.0148. The lowest BCUT2D eigenvalue weighted by molar-refractivity contribution is -0.109. The first kappa shape index (κ1) is 48.0. The summed E-state index contributed by atoms with van der Waals surface area (Å²) in [6, 6.07) is 29.5. The van der Waals surface area contributed by atoms with E-state index in [-0.39, 0.29) is 40.9 Å². The first-order valence-electron chi connectivity index (χ1n) is 23.4. The van der Waals surface area contributed by atoms with E-state index >= 15 is 0 Å². The van der Waals surface area contributed by atoms with Crippen molar-refractivity contribution in [2.75, 3.05) is 106 Å². The zero-order valence-corrected chi connectivity index (χ0v) is 41.4. The van der Waals surface area contributed by atoms with Gasteiger partial charge in [-0.2, -0.15) is 0 Å². The maximum Gasteiger partial charge on any atom is 0.260 e. The molecule has 0 bridgehead atoms. The molecule has 9 rings (SSSR count). The van der Waals surface area contributed by atoms with Crippen LogP contribution in [0.4, 0.5) is 28.4 Å². The lowest BCUT2D eigenvalue weighted by atomic mass is 10.1. The van der Waals surface area contributed by atoms with E-state index < -0.39 is 0 Å². The minimum atomic E-state index is -0.0845. The van der Waals surface area contributed by atoms with Crippen molar-refractivity contribution in [3.63, 3.8) is 0 Å². The molecule has 16 heteroatoms. The number of halogens is 1. The Bertz CT molecular complexity index is 2530. The van der Waals surface area contributed by atoms with E-state index in [4.69, 9.17) is 33.2 Å². The summed E-state index contributed by atoms with van der Waals surface area (Å²) in [5.41, 5.74) is 9.20. The quantitative estimate of drug-likeness (QED) is 0.0391. The van der Waals surface area contributed by atoms with Gasteiger partial charge < -0.3 is 58.5 Å². The molecular weight excluding hydrogens is 994 g/mol. The topological polar surface area (TPSA) is 150 Å². The number of nitrogens with one attached hydrogen (secondary N) is 2. The molecule has 2 N–H and O–H groups in total. The number of carbonyl (C=O) groups is 3. The van der Waals surface area contributed by atoms with Crippen molar-refractivity contribution in [1.82, 2.24) is 0 Å². The standard InChI is InChI=1S/C53H58IN5O10/c1-63-17-18-67-20-19-66-16-15-57(14-8-13-51(54)60)38-22-34(32-68-49-28-43-41(26-47(49)64-2)52(61)58-39(30-55-43)24-36-9-4-6-11-45(36)58)21-35(23-38)33-69-50-29-44-42(27-48(50)65-3)53(62)59-40(31-56-44)25-37-10-5-7-12-46(37)59/h4-7,9-12,21-23,26-29,39-40,55-56H,8,13-20,24-25,30-33H2,1-3H3/t39-,40-/m0/s1. The Labute approximate surface area is 416 Å². The van der Waals surface area contributed by atoms with Crippen molar-refractivity contribution >= 4 is 66.6 Å². The SMILES string of the molecule is COCCOCCOCCN(CCCC(=O)I)c1cc(COc2cc3c(cc2OC)C(=O)N2c4ccccc4C[C@H]2CN3)cc(COc2cc3c(cc2OC)C(=O)N2c4ccccc4C[C@H]2CN3)c1. The maximum absolute atomic E-state index is 14.1. The van der Waals surface area contributed by atoms with Gasteiger partial charge in [0.05, 0.1) is 81.8 Å². The number of hydrogen-bond donors (Lipinski definition) is 2. The molecule has 0 spiro atoms. The monoisotopic (exact) mass is 1050 g/mol. The summed E-state index contributed by atoms with van der Waals surface area (Å²) >= 11 is 1.85. The number of rotatable bonds is 22. The summed E-state index contributed by atoms with van der Waals surface area (Å²) in [4.78, 5) is 46.4. The largest absolute Gasteiger partial charge is 0.493 e. The number of anilines is 5. The number of methoxy groups -OCH3 is 3. The predicted octanol–water partition coefficient (Wildman–Crippen LogP) is 8.08. The summed E-state index contributed by atoms with van der Waals surface area (Å²) in [5, 5.41) is 7.05. The average molecular weight is 1050 g/mol. The highest BCUT2D eigenvalue weighted by Gasteiger charge is 2.39. The van der Waals surface area contributed by atoms with Crippen LogP contribution in [0.1, 0.15) is 55.8 Å². The van der Waals surface area contributed by atoms with Gasteiger partial charge >= 0.3 is 0 Å². The molecule has 69 heavy (non-hydrogen) atoms. The van der Waals surface area contributed by atoms with E-state index in [2.05, 4.69) is 39.8 Å². The molecule has 0 saturated carbocycles. The molecule has 362 valence electrons. The lowest BCUT2D eigenvalue weighted by Gasteiger charge is -2.26. The van der Waals surface area contributed by atoms with Crippen molar-refractivity contribution < 1.29 is 47.5 Å². The van der Waals surface area contributed by atoms with Crippen LogP contribution < -0.4 is 44.3 Å². The Balaban J connectivity index is 0.980. The van der Waals surface area contributed by atoms with Crippen LogP contribution in [0.25, 0.3) is 0 Å². The van der Waals surface area contributed by atoms with E-state index in [1.807, 2.05) is 87.0 Å². The molecule has 0 unspecified atom stereocenters. The third kappa shape index (κ3) is 10.7. The molecule has 2 atom stereocenters. The molecule has 0 fully saturated rings. The van der Waals surface area contributed by atoms with Crippen LogP contribution in [0.3, 0.4) is 0 Å². The summed E-state index contributed by atoms with van der Waals surface area (Å²) < 4.78 is 41.7. The molecule has 2 amide bonds. The van der Waals surface area contributed by atoms with Crippen LogP contribution in [-0.2, 0) is 45.1 Å². The van der Waals surface area contributed by atoms with Crippen LogP contribution in [0.5, 0.6) is 23.0 Å². The molecule has 0 radical (unpaired) electrons. The number of para-hydroxylation sites is 2. The maximum atomic E-state index is 14.1. The first-order valence-corrected chi connectivity index (χ1v) is 24.5. The summed E-state index contributed by atoms with van der Waals surface area (Å²) in [6.45, 7) is 4.99. The fourth-order valence-electron chi connectivity index (χ4n) is 9.66. The fourth-order valence-corrected chi connectivity index (χ4v) is 10.0. The molecule has 4 aliphatic rings. The van der Waals surface area contributed by atoms with Crippen molar-refractivity contribution in [1.29, 1.82) is 0 Å². The summed E-state index contributed by atoms with van der Waals surface area (Å²) in [5.74, 6) is 1.69. The predicted molar refractivity (Wildman–Crippen MR) is 274 cm³/mol. The Kier molecular flexibility index (Phi) is 15.4. The van der Waals surface area contributed by atoms with Crippen molar-refractivity contribution in [2.45, 2.75) is 51.0 Å². The van der Waals surface area contributed by atoms with E-state index in [1.165, 1.54) is 0 Å². The number of ether oxygens (including phenoxy) is 7. The van der Waals surface area contributed by atoms with Crippen LogP contribution in [-0.4, -0.2) is 108 Å². The van der Waals surface area contributed by atoms with Crippen molar-refractivity contribution in [3.8, 4) is 23.0 Å². The van der Waals surface area contributed by atoms with Gasteiger partial charge in [0.25, 0.3) is 11.8 Å². The molecule has 15 nitrogen and oxygen atoms in total. The highest BCUT2D eigenvalue weighted by Crippen LogP contribution is 2.43. The van der Waals surface area contributed by atoms with Crippen molar-refractivity contribution in [2.24, 2.45) is 0 Å². The number of nitrogens with zero attached hydrogens (tertiary/aromatic N) is 3. The highest BCUT2D eigenvalue weighted by atomic mass is 127. The Morgan fingerprint density at radius 1 is 0.638 bits per heavy atom. The molecule has 0 aromatic heterocycles. The first-order chi connectivity index (χ1) is 33.7. The number of amides is 2. The molecule has 0 aliphatic carbocycles. The number of hydrogen-bond acceptors (Lipinski definition) is 13. The second-order valence-corrected chi connectivity index (χ2v) is 18.6. The summed E-state index contributed by atoms with van der Waals surface area (Å²) in [7, 11) is 4.79. The second-order valence-electron chi connectivity index (χ2n) is 17.4. The molecule has 0 saturated heterocycles. The molecule has 5 aromatic carbocycles. The summed E-state index contributed by atoms with van der Waals surface area (Å²) in [6.07, 6.45) is 2.63. The molecular formula is C53H58IN5O10. The van der Waals surface area contributed by atoms with Crippen LogP contribution in [0, 0.1) is 0 Å². The van der Waals surface area contributed by atoms with Crippen LogP contribution >= 0.6 is 22.6 Å². The van der Waals surface area contributed by atoms with Gasteiger partial charge in [0.15, 0.2) is 26.8 Å². The Morgan fingerprint density at radius 3 is 1.65 bits per heavy atom. The van der Waals surface area contributed by atoms with Gasteiger partial charge in [0.1, 0.15) is 13.2 Å². The van der Waals surface area contributed by atoms with Gasteiger partial charge in [-0.3, -0.25) is 14.4 Å². The average Bonchev–Trinajstić information content (AvgIpc) is 3.85. The van der Waals surface area contributed by atoms with Gasteiger partial charge in [0.2, 0.25) is 0 Å². The van der Waals surface area contributed by atoms with E-state index in [1.54, 1.807) is 33.5 Å². The molecule has 5 aromatic rings. The highest BCUT2D eigenvalue weighted by molar-refractivity contribution is 14.1. The van der Waals surface area contributed by atoms with Gasteiger partial charge in [-0.1, -0.05) is 36.4 Å². The molecule has 4 aliphatic heterocycles. The smallest absolute Gasteiger partial charge is 0.260 e. The zero-order chi connectivity index (χ0) is 47.9. The zero-order valence-electron chi connectivity index (χ0n) is 39.2. The van der Waals surface area contributed by atoms with Crippen LogP contribution in [0.15, 0.2) is 91.0 Å². The Morgan fingerprint density at radius 2 is 1.14 bits per heavy atom. The van der Waals surface area contributed by atoms with Gasteiger partial charge in [-0.25, -0.2) is 0 Å². The minimum Gasteiger partial charge on any atom is -0.493 e. The van der Waals surface area contributed by atoms with Crippen LogP contribution in [0.2, 0.25) is 0 Å². The third-order valence-electron chi connectivity index (χ3n) is 13.0.